The van der Waals surface area contributed by atoms with E-state index in [2.05, 4.69) is 26.1 Å². The van der Waals surface area contributed by atoms with Gasteiger partial charge in [-0.3, -0.25) is 33.9 Å². The molecule has 3 aromatic heterocycles. The number of hydrogen-bond donors (Lipinski definition) is 3. The minimum absolute atomic E-state index is 0.0355. The lowest BCUT2D eigenvalue weighted by molar-refractivity contribution is -0.384. The van der Waals surface area contributed by atoms with Crippen LogP contribution in [0, 0.1) is 21.4 Å². The molecule has 15 nitrogen and oxygen atoms in total. The molecule has 0 radical (unpaired) electrons. The van der Waals surface area contributed by atoms with E-state index in [9.17, 15) is 24.5 Å². The molecule has 3 heterocycles. The summed E-state index contributed by atoms with van der Waals surface area (Å²) in [4.78, 5) is 47.7. The summed E-state index contributed by atoms with van der Waals surface area (Å²) in [6, 6.07) is 4.97. The maximum absolute atomic E-state index is 12.7. The highest BCUT2D eigenvalue weighted by Crippen LogP contribution is 2.18. The minimum atomic E-state index is -0.704. The Morgan fingerprint density at radius 1 is 0.971 bits per heavy atom. The second-order valence-corrected chi connectivity index (χ2v) is 7.26. The Balaban J connectivity index is 1.72. The van der Waals surface area contributed by atoms with Crippen molar-refractivity contribution < 1.29 is 19.3 Å². The number of nitrogens with zero attached hydrogens (tertiary/aromatic N) is 7. The number of rotatable bonds is 7. The summed E-state index contributed by atoms with van der Waals surface area (Å²) in [5.41, 5.74) is 0.00234. The van der Waals surface area contributed by atoms with Crippen LogP contribution in [0.25, 0.3) is 0 Å². The van der Waals surface area contributed by atoms with Crippen LogP contribution in [0.4, 0.5) is 17.3 Å². The van der Waals surface area contributed by atoms with E-state index < -0.39 is 28.7 Å². The van der Waals surface area contributed by atoms with E-state index in [1.54, 1.807) is 0 Å². The number of nitro groups is 1. The lowest BCUT2D eigenvalue weighted by Crippen LogP contribution is -2.32. The molecule has 3 N–H and O–H groups in total. The van der Waals surface area contributed by atoms with Crippen LogP contribution >= 0.6 is 0 Å². The highest BCUT2D eigenvalue weighted by Gasteiger charge is 2.21. The molecule has 3 aromatic rings. The zero-order chi connectivity index (χ0) is 25.2. The monoisotopic (exact) mass is 468 g/mol. The number of anilines is 2. The largest absolute Gasteiger partial charge is 0.340 e. The zero-order valence-electron chi connectivity index (χ0n) is 18.6. The van der Waals surface area contributed by atoms with Crippen LogP contribution in [0.1, 0.15) is 38.4 Å². The summed E-state index contributed by atoms with van der Waals surface area (Å²) in [5, 5.41) is 35.4. The van der Waals surface area contributed by atoms with Crippen molar-refractivity contribution >= 4 is 35.0 Å². The summed E-state index contributed by atoms with van der Waals surface area (Å²) >= 11 is 0. The van der Waals surface area contributed by atoms with E-state index in [1.807, 2.05) is 6.07 Å². The third-order valence-corrected chi connectivity index (χ3v) is 4.68. The Morgan fingerprint density at radius 3 is 1.94 bits per heavy atom. The number of nitrogens with one attached hydrogen (secondary N) is 3. The van der Waals surface area contributed by atoms with Gasteiger partial charge in [0.2, 0.25) is 0 Å². The first-order valence-electron chi connectivity index (χ1n) is 9.72. The lowest BCUT2D eigenvalue weighted by Gasteiger charge is -2.05. The minimum Gasteiger partial charge on any atom is -0.340 e. The predicted molar refractivity (Wildman–Crippen MR) is 117 cm³/mol. The zero-order valence-corrected chi connectivity index (χ0v) is 18.6. The number of nitriles is 1. The maximum Gasteiger partial charge on any atom is 0.287 e. The molecular formula is C19H20N10O5. The molecule has 0 aromatic carbocycles. The molecule has 1 unspecified atom stereocenters. The number of aryl methyl sites for hydroxylation is 3. The summed E-state index contributed by atoms with van der Waals surface area (Å²) in [6.45, 7) is 1.52. The number of carbonyl (C=O) groups is 3. The molecule has 1 atom stereocenters. The Morgan fingerprint density at radius 2 is 1.47 bits per heavy atom. The van der Waals surface area contributed by atoms with Crippen LogP contribution < -0.4 is 16.0 Å². The predicted octanol–water partition coefficient (Wildman–Crippen LogP) is 0.547. The number of amides is 3. The fraction of sp³-hybridized carbons (Fsp3) is 0.263. The van der Waals surface area contributed by atoms with Gasteiger partial charge in [-0.25, -0.2) is 0 Å². The Kier molecular flexibility index (Phi) is 6.43. The van der Waals surface area contributed by atoms with Crippen molar-refractivity contribution in [3.05, 3.63) is 51.6 Å². The number of hydrogen-bond acceptors (Lipinski definition) is 8. The number of aromatic nitrogens is 5. The first-order chi connectivity index (χ1) is 16.0. The average molecular weight is 468 g/mol. The van der Waals surface area contributed by atoms with Crippen LogP contribution in [0.5, 0.6) is 0 Å². The van der Waals surface area contributed by atoms with Crippen molar-refractivity contribution in [1.29, 1.82) is 5.26 Å². The van der Waals surface area contributed by atoms with Crippen molar-refractivity contribution in [1.82, 2.24) is 29.4 Å². The highest BCUT2D eigenvalue weighted by atomic mass is 16.6. The second-order valence-electron chi connectivity index (χ2n) is 7.26. The van der Waals surface area contributed by atoms with Gasteiger partial charge in [-0.15, -0.1) is 0 Å². The van der Waals surface area contributed by atoms with E-state index in [0.29, 0.717) is 0 Å². The van der Waals surface area contributed by atoms with Gasteiger partial charge in [-0.05, 0) is 6.92 Å². The Bertz CT molecular complexity index is 1340. The van der Waals surface area contributed by atoms with Gasteiger partial charge in [0.05, 0.1) is 17.2 Å². The Hall–Kier alpha value is -5.00. The summed E-state index contributed by atoms with van der Waals surface area (Å²) in [7, 11) is 4.48. The van der Waals surface area contributed by atoms with E-state index in [0.717, 1.165) is 6.07 Å². The van der Waals surface area contributed by atoms with E-state index in [4.69, 9.17) is 5.26 Å². The van der Waals surface area contributed by atoms with Gasteiger partial charge in [0.25, 0.3) is 23.4 Å². The van der Waals surface area contributed by atoms with E-state index in [1.165, 1.54) is 60.3 Å². The SMILES string of the molecule is CC(C#N)NC(=O)c1cc(NC(=O)c2cc(NC(=O)c3cc([N+](=O)[O-])cn3C)nn2C)nn1C. The molecule has 0 saturated heterocycles. The van der Waals surface area contributed by atoms with E-state index in [-0.39, 0.29) is 34.4 Å². The molecule has 15 heteroatoms. The third-order valence-electron chi connectivity index (χ3n) is 4.68. The van der Waals surface area contributed by atoms with Crippen molar-refractivity contribution in [3.8, 4) is 6.07 Å². The van der Waals surface area contributed by atoms with Gasteiger partial charge in [-0.1, -0.05) is 0 Å². The van der Waals surface area contributed by atoms with Crippen molar-refractivity contribution in [2.24, 2.45) is 21.1 Å². The first kappa shape index (κ1) is 23.7. The van der Waals surface area contributed by atoms with Gasteiger partial charge in [0.1, 0.15) is 23.1 Å². The highest BCUT2D eigenvalue weighted by molar-refractivity contribution is 6.06. The molecule has 3 rings (SSSR count). The molecule has 0 aliphatic heterocycles. The number of carbonyl (C=O) groups excluding carboxylic acids is 3. The lowest BCUT2D eigenvalue weighted by atomic mass is 10.3. The van der Waals surface area contributed by atoms with Crippen LogP contribution in [-0.4, -0.2) is 52.8 Å². The molecule has 3 amide bonds. The van der Waals surface area contributed by atoms with Crippen LogP contribution in [0.15, 0.2) is 24.4 Å². The maximum atomic E-state index is 12.7. The molecule has 0 fully saturated rings. The molecule has 34 heavy (non-hydrogen) atoms. The second kappa shape index (κ2) is 9.24. The van der Waals surface area contributed by atoms with Crippen molar-refractivity contribution in [2.75, 3.05) is 10.6 Å². The van der Waals surface area contributed by atoms with Gasteiger partial charge >= 0.3 is 0 Å². The molecule has 176 valence electrons. The Labute approximate surface area is 192 Å². The van der Waals surface area contributed by atoms with Crippen LogP contribution in [-0.2, 0) is 21.1 Å². The standard InChI is InChI=1S/C19H20N10O5/c1-10(8-20)21-18(31)13-6-16(25-27(13)3)23-19(32)14-7-15(24-28(14)4)22-17(30)12-5-11(29(33)34)9-26(12)2/h5-7,9-10H,1-4H3,(H,21,31)(H,22,24,30)(H,23,25,32). The van der Waals surface area contributed by atoms with Gasteiger partial charge in [0, 0.05) is 39.3 Å². The molecule has 0 spiro atoms. The fourth-order valence-corrected chi connectivity index (χ4v) is 3.02. The third kappa shape index (κ3) is 4.91. The van der Waals surface area contributed by atoms with Crippen molar-refractivity contribution in [3.63, 3.8) is 0 Å². The summed E-state index contributed by atoms with van der Waals surface area (Å²) < 4.78 is 3.78. The topological polar surface area (TPSA) is 195 Å². The molecular weight excluding hydrogens is 448 g/mol. The fourth-order valence-electron chi connectivity index (χ4n) is 3.02. The molecule has 0 bridgehead atoms. The summed E-state index contributed by atoms with van der Waals surface area (Å²) in [5.74, 6) is -1.65. The molecule has 0 saturated carbocycles. The van der Waals surface area contributed by atoms with Gasteiger partial charge in [0.15, 0.2) is 11.6 Å². The van der Waals surface area contributed by atoms with Crippen molar-refractivity contribution in [2.45, 2.75) is 13.0 Å². The van der Waals surface area contributed by atoms with Crippen LogP contribution in [0.2, 0.25) is 0 Å². The smallest absolute Gasteiger partial charge is 0.287 e. The van der Waals surface area contributed by atoms with E-state index >= 15 is 0 Å². The van der Waals surface area contributed by atoms with Gasteiger partial charge in [-0.2, -0.15) is 15.5 Å². The molecule has 0 aliphatic carbocycles. The van der Waals surface area contributed by atoms with Crippen LogP contribution in [0.3, 0.4) is 0 Å². The first-order valence-corrected chi connectivity index (χ1v) is 9.72. The quantitative estimate of drug-likeness (QED) is 0.330. The molecule has 0 aliphatic rings. The average Bonchev–Trinajstić information content (AvgIpc) is 3.44. The van der Waals surface area contributed by atoms with Gasteiger partial charge < -0.3 is 20.5 Å². The summed E-state index contributed by atoms with van der Waals surface area (Å²) in [6.07, 6.45) is 1.20. The normalized spacial score (nSPS) is 11.4.